The van der Waals surface area contributed by atoms with Gasteiger partial charge in [0.1, 0.15) is 23.0 Å². The Balaban J connectivity index is 0.000000489. The van der Waals surface area contributed by atoms with Crippen LogP contribution in [0.5, 0.6) is 0 Å². The molecule has 8 nitrogen and oxygen atoms in total. The number of ether oxygens (including phenoxy) is 1. The molecule has 10 heteroatoms. The number of aryl methyl sites for hydroxylation is 2. The molecule has 0 unspecified atom stereocenters. The number of Topliss-reactive ketones (excluding diaryl/α,β-unsaturated/α-hetero) is 4. The largest absolute Gasteiger partial charge is 0.444 e. The zero-order valence-corrected chi connectivity index (χ0v) is 29.6. The highest BCUT2D eigenvalue weighted by Crippen LogP contribution is 2.38. The number of carbonyl (C=O) groups excluding carboxylic acids is 5. The van der Waals surface area contributed by atoms with Gasteiger partial charge in [-0.05, 0) is 131 Å². The molecule has 0 radical (unpaired) electrons. The van der Waals surface area contributed by atoms with Gasteiger partial charge >= 0.3 is 6.09 Å². The second-order valence-electron chi connectivity index (χ2n) is 13.7. The summed E-state index contributed by atoms with van der Waals surface area (Å²) < 4.78 is 5.18. The smallest absolute Gasteiger partial charge is 0.408 e. The van der Waals surface area contributed by atoms with Crippen molar-refractivity contribution in [2.45, 2.75) is 143 Å². The van der Waals surface area contributed by atoms with Crippen LogP contribution in [0.3, 0.4) is 0 Å². The van der Waals surface area contributed by atoms with E-state index >= 15 is 0 Å². The highest BCUT2D eigenvalue weighted by Gasteiger charge is 2.27. The number of nitrogens with two attached hydrogens (primary N) is 1. The molecule has 4 atom stereocenters. The number of amides is 1. The van der Waals surface area contributed by atoms with Crippen molar-refractivity contribution in [2.75, 3.05) is 0 Å². The molecule has 0 spiro atoms. The number of hydrogen-bond donors (Lipinski definition) is 2. The first-order valence-electron chi connectivity index (χ1n) is 16.4. The molecule has 272 valence electrons. The Hall–Kier alpha value is -3.07. The van der Waals surface area contributed by atoms with Crippen LogP contribution in [0.25, 0.3) is 0 Å². The van der Waals surface area contributed by atoms with Crippen LogP contribution in [0.4, 0.5) is 4.79 Å². The molecule has 0 bridgehead atoms. The van der Waals surface area contributed by atoms with Crippen LogP contribution >= 0.6 is 23.2 Å². The first-order valence-corrected chi connectivity index (χ1v) is 17.1. The predicted molar refractivity (Wildman–Crippen MR) is 199 cm³/mol. The zero-order valence-electron chi connectivity index (χ0n) is 28.1. The molecule has 4 rings (SSSR count). The minimum atomic E-state index is -0.710. The predicted octanol–water partition coefficient (Wildman–Crippen LogP) is 8.89. The van der Waals surface area contributed by atoms with E-state index in [4.69, 9.17) is 33.7 Å². The lowest BCUT2D eigenvalue weighted by Gasteiger charge is -2.22. The van der Waals surface area contributed by atoms with Crippen molar-refractivity contribution in [3.8, 4) is 0 Å². The Morgan fingerprint density at radius 3 is 1.65 bits per heavy atom. The maximum atomic E-state index is 12.4. The van der Waals surface area contributed by atoms with Crippen LogP contribution in [0.15, 0.2) is 36.4 Å². The molecule has 49 heavy (non-hydrogen) atoms. The molecule has 0 heterocycles. The summed E-state index contributed by atoms with van der Waals surface area (Å²) in [6.45, 7) is 8.14. The molecule has 0 saturated heterocycles. The first-order chi connectivity index (χ1) is 22.0. The van der Waals surface area contributed by atoms with E-state index in [9.17, 15) is 24.0 Å². The topological polar surface area (TPSA) is 133 Å². The average molecular weight is 720 g/mol. The van der Waals surface area contributed by atoms with E-state index in [-0.39, 0.29) is 56.7 Å². The number of ketones is 4. The molecule has 2 aromatic rings. The van der Waals surface area contributed by atoms with E-state index in [0.29, 0.717) is 31.6 Å². The van der Waals surface area contributed by atoms with Gasteiger partial charge in [-0.2, -0.15) is 0 Å². The lowest BCUT2D eigenvalue weighted by molar-refractivity contribution is -0.122. The highest BCUT2D eigenvalue weighted by molar-refractivity contribution is 6.31. The molecular formula is C39H56Cl2N2O6. The second-order valence-corrected chi connectivity index (χ2v) is 14.6. The van der Waals surface area contributed by atoms with Crippen LogP contribution in [0, 0.1) is 0 Å². The lowest BCUT2D eigenvalue weighted by atomic mass is 9.93. The molecule has 2 aliphatic rings. The van der Waals surface area contributed by atoms with Gasteiger partial charge in [0.25, 0.3) is 0 Å². The molecule has 0 saturated carbocycles. The van der Waals surface area contributed by atoms with Crippen molar-refractivity contribution in [3.63, 3.8) is 0 Å². The summed E-state index contributed by atoms with van der Waals surface area (Å²) in [5.41, 5.74) is 9.93. The zero-order chi connectivity index (χ0) is 34.9. The van der Waals surface area contributed by atoms with Gasteiger partial charge in [-0.3, -0.25) is 19.2 Å². The molecule has 0 aliphatic heterocycles. The van der Waals surface area contributed by atoms with Gasteiger partial charge in [-0.1, -0.05) is 50.2 Å². The number of fused-ring (bicyclic) bond motifs is 2. The van der Waals surface area contributed by atoms with Crippen molar-refractivity contribution in [2.24, 2.45) is 5.73 Å². The van der Waals surface area contributed by atoms with Gasteiger partial charge in [-0.25, -0.2) is 4.79 Å². The number of halogens is 2. The number of nitrogens with one attached hydrogen (secondary N) is 1. The van der Waals surface area contributed by atoms with Crippen molar-refractivity contribution < 1.29 is 28.7 Å². The number of rotatable bonds is 13. The number of benzene rings is 2. The molecule has 3 N–H and O–H groups in total. The van der Waals surface area contributed by atoms with Crippen molar-refractivity contribution >= 4 is 52.4 Å². The summed E-state index contributed by atoms with van der Waals surface area (Å²) in [7, 11) is 0. The van der Waals surface area contributed by atoms with Gasteiger partial charge in [0.15, 0.2) is 5.78 Å². The number of hydrogen-bond acceptors (Lipinski definition) is 7. The normalized spacial score (nSPS) is 17.1. The van der Waals surface area contributed by atoms with Crippen LogP contribution < -0.4 is 11.1 Å². The summed E-state index contributed by atoms with van der Waals surface area (Å²) in [4.78, 5) is 59.2. The monoisotopic (exact) mass is 718 g/mol. The summed E-state index contributed by atoms with van der Waals surface area (Å²) in [6, 6.07) is 10.5. The third kappa shape index (κ3) is 14.4. The summed E-state index contributed by atoms with van der Waals surface area (Å²) in [5.74, 6) is 0.547. The molecule has 0 fully saturated rings. The Labute approximate surface area is 303 Å². The second kappa shape index (κ2) is 19.9. The van der Waals surface area contributed by atoms with Gasteiger partial charge in [0.2, 0.25) is 0 Å². The highest BCUT2D eigenvalue weighted by atomic mass is 35.5. The van der Waals surface area contributed by atoms with Crippen LogP contribution in [-0.2, 0) is 36.8 Å². The van der Waals surface area contributed by atoms with E-state index in [1.165, 1.54) is 36.1 Å². The first kappa shape index (κ1) is 44.0. The van der Waals surface area contributed by atoms with Crippen LogP contribution in [0.1, 0.15) is 135 Å². The Bertz CT molecular complexity index is 1470. The fourth-order valence-corrected chi connectivity index (χ4v) is 6.57. The third-order valence-corrected chi connectivity index (χ3v) is 9.18. The molecule has 1 amide bonds. The van der Waals surface area contributed by atoms with Crippen LogP contribution in [-0.4, -0.2) is 46.9 Å². The maximum absolute atomic E-state index is 12.4. The van der Waals surface area contributed by atoms with Gasteiger partial charge in [0, 0.05) is 35.7 Å². The number of carbonyl (C=O) groups is 5. The summed E-state index contributed by atoms with van der Waals surface area (Å²) >= 11 is 12.0. The molecule has 0 aromatic heterocycles. The van der Waals surface area contributed by atoms with Gasteiger partial charge < -0.3 is 15.8 Å². The third-order valence-electron chi connectivity index (χ3n) is 8.71. The minimum absolute atomic E-state index is 0. The molecule has 2 aliphatic carbocycles. The maximum Gasteiger partial charge on any atom is 0.408 e. The van der Waals surface area contributed by atoms with E-state index < -0.39 is 23.8 Å². The number of alkyl carbamates (subject to hydrolysis) is 1. The minimum Gasteiger partial charge on any atom is -0.444 e. The standard InChI is InChI=1S/C21H28ClNO4.C16H20ClNO2.2CH4/c1-13(24)19(23-20(26)27-21(2,3)4)10-8-17(25)12-15-6-5-14-11-16(22)7-9-18(14)15;1-10(19)16(18)7-5-14(20)9-12-3-2-11-8-13(17)4-6-15(11)12;;/h7,9,11,15,19H,5-6,8,10,12H2,1-4H3,(H,23,26);4,6,8,12,16H,2-3,5,7,9,18H2,1H3;2*1H4/t15-,19-;12-,16-;;/m00../s1. The summed E-state index contributed by atoms with van der Waals surface area (Å²) in [5, 5.41) is 4.04. The van der Waals surface area contributed by atoms with Crippen molar-refractivity contribution in [1.82, 2.24) is 5.32 Å². The fraction of sp³-hybridized carbons (Fsp3) is 0.564. The SMILES string of the molecule is C.C.CC(=O)[C@@H](N)CCC(=O)C[C@@H]1CCc2cc(Cl)ccc21.CC(=O)[C@H](CCC(=O)C[C@@H]1CCc2cc(Cl)ccc21)NC(=O)OC(C)(C)C. The van der Waals surface area contributed by atoms with Gasteiger partial charge in [0.05, 0.1) is 12.1 Å². The van der Waals surface area contributed by atoms with Crippen molar-refractivity contribution in [1.29, 1.82) is 0 Å². The van der Waals surface area contributed by atoms with E-state index in [1.807, 2.05) is 36.4 Å². The van der Waals surface area contributed by atoms with Crippen LogP contribution in [0.2, 0.25) is 10.0 Å². The Morgan fingerprint density at radius 2 is 1.24 bits per heavy atom. The Kier molecular flexibility index (Phi) is 17.9. The molecule has 2 aromatic carbocycles. The van der Waals surface area contributed by atoms with Crippen molar-refractivity contribution in [3.05, 3.63) is 68.7 Å². The quantitative estimate of drug-likeness (QED) is 0.211. The average Bonchev–Trinajstić information content (AvgIpc) is 3.55. The van der Waals surface area contributed by atoms with E-state index in [1.54, 1.807) is 20.8 Å². The fourth-order valence-electron chi connectivity index (χ4n) is 6.18. The Morgan fingerprint density at radius 1 is 0.796 bits per heavy atom. The van der Waals surface area contributed by atoms with E-state index in [2.05, 4.69) is 5.32 Å². The lowest BCUT2D eigenvalue weighted by Crippen LogP contribution is -2.42. The summed E-state index contributed by atoms with van der Waals surface area (Å²) in [6.07, 6.45) is 5.59. The van der Waals surface area contributed by atoms with Gasteiger partial charge in [-0.15, -0.1) is 0 Å². The van der Waals surface area contributed by atoms with E-state index in [0.717, 1.165) is 35.7 Å². The molecular weight excluding hydrogens is 663 g/mol.